The molecule has 0 fully saturated rings. The van der Waals surface area contributed by atoms with Crippen LogP contribution in [0.5, 0.6) is 5.75 Å². The molecule has 0 bridgehead atoms. The topological polar surface area (TPSA) is 55.6 Å². The van der Waals surface area contributed by atoms with Crippen LogP contribution in [0, 0.1) is 0 Å². The number of aromatic nitrogens is 1. The lowest BCUT2D eigenvalue weighted by atomic mass is 10.2. The summed E-state index contributed by atoms with van der Waals surface area (Å²) in [7, 11) is 1.93. The van der Waals surface area contributed by atoms with Crippen LogP contribution < -0.4 is 15.0 Å². The second-order valence-corrected chi connectivity index (χ2v) is 5.90. The molecule has 118 valence electrons. The summed E-state index contributed by atoms with van der Waals surface area (Å²) in [5.74, 6) is 0.273. The fraction of sp³-hybridized carbons (Fsp3) is 0.176. The van der Waals surface area contributed by atoms with E-state index in [2.05, 4.69) is 10.5 Å². The molecule has 0 spiro atoms. The molecular weight excluding hydrogens is 310 g/mol. The minimum atomic E-state index is -0.286. The number of ether oxygens (including phenoxy) is 1. The molecule has 2 aromatic carbocycles. The number of rotatable bonds is 4. The van der Waals surface area contributed by atoms with Crippen molar-refractivity contribution in [1.29, 1.82) is 0 Å². The van der Waals surface area contributed by atoms with Gasteiger partial charge in [-0.2, -0.15) is 0 Å². The Morgan fingerprint density at radius 3 is 2.74 bits per heavy atom. The highest BCUT2D eigenvalue weighted by molar-refractivity contribution is 7.16. The van der Waals surface area contributed by atoms with Gasteiger partial charge >= 0.3 is 0 Å². The Balaban J connectivity index is 1.90. The number of thiazole rings is 1. The Bertz CT molecular complexity index is 911. The Morgan fingerprint density at radius 2 is 1.96 bits per heavy atom. The van der Waals surface area contributed by atoms with E-state index in [0.717, 1.165) is 15.0 Å². The predicted octanol–water partition coefficient (Wildman–Crippen LogP) is 2.88. The first-order valence-electron chi connectivity index (χ1n) is 7.31. The second kappa shape index (κ2) is 6.66. The van der Waals surface area contributed by atoms with Crippen molar-refractivity contribution in [2.75, 3.05) is 6.61 Å². The molecule has 0 unspecified atom stereocenters. The molecule has 1 aromatic heterocycles. The highest BCUT2D eigenvalue weighted by Gasteiger charge is 2.11. The first-order chi connectivity index (χ1) is 11.2. The van der Waals surface area contributed by atoms with Crippen molar-refractivity contribution < 1.29 is 9.53 Å². The number of nitrogens with zero attached hydrogens (tertiary/aromatic N) is 2. The number of nitrogens with one attached hydrogen (secondary N) is 1. The second-order valence-electron chi connectivity index (χ2n) is 4.89. The van der Waals surface area contributed by atoms with Crippen molar-refractivity contribution in [2.24, 2.45) is 12.1 Å². The van der Waals surface area contributed by atoms with Gasteiger partial charge in [-0.05, 0) is 31.2 Å². The molecule has 0 aliphatic carbocycles. The minimum Gasteiger partial charge on any atom is -0.493 e. The van der Waals surface area contributed by atoms with E-state index in [-0.39, 0.29) is 5.91 Å². The van der Waals surface area contributed by atoms with Gasteiger partial charge < -0.3 is 9.30 Å². The van der Waals surface area contributed by atoms with Gasteiger partial charge in [-0.15, -0.1) is 5.10 Å². The number of para-hydroxylation sites is 2. The highest BCUT2D eigenvalue weighted by atomic mass is 32.1. The number of amides is 1. The monoisotopic (exact) mass is 327 g/mol. The van der Waals surface area contributed by atoms with Gasteiger partial charge in [0.05, 0.1) is 22.4 Å². The van der Waals surface area contributed by atoms with Gasteiger partial charge in [0.15, 0.2) is 0 Å². The lowest BCUT2D eigenvalue weighted by Gasteiger charge is -2.07. The van der Waals surface area contributed by atoms with Crippen LogP contribution in [0.25, 0.3) is 10.2 Å². The van der Waals surface area contributed by atoms with Crippen molar-refractivity contribution in [1.82, 2.24) is 9.99 Å². The van der Waals surface area contributed by atoms with Gasteiger partial charge in [0.1, 0.15) is 5.75 Å². The summed E-state index contributed by atoms with van der Waals surface area (Å²) in [5, 5.41) is 4.25. The summed E-state index contributed by atoms with van der Waals surface area (Å²) in [4.78, 5) is 13.1. The Kier molecular flexibility index (Phi) is 4.43. The Morgan fingerprint density at radius 1 is 1.22 bits per heavy atom. The van der Waals surface area contributed by atoms with Crippen molar-refractivity contribution >= 4 is 27.5 Å². The zero-order valence-corrected chi connectivity index (χ0v) is 13.8. The molecule has 0 radical (unpaired) electrons. The van der Waals surface area contributed by atoms with E-state index >= 15 is 0 Å². The van der Waals surface area contributed by atoms with E-state index < -0.39 is 0 Å². The summed E-state index contributed by atoms with van der Waals surface area (Å²) in [6.07, 6.45) is 0. The van der Waals surface area contributed by atoms with Crippen molar-refractivity contribution in [3.05, 3.63) is 58.9 Å². The zero-order chi connectivity index (χ0) is 16.2. The number of hydrogen-bond acceptors (Lipinski definition) is 4. The lowest BCUT2D eigenvalue weighted by Crippen LogP contribution is -2.23. The van der Waals surface area contributed by atoms with Crippen LogP contribution in [-0.2, 0) is 7.05 Å². The summed E-state index contributed by atoms with van der Waals surface area (Å²) in [6, 6.07) is 15.2. The Labute approximate surface area is 137 Å². The molecule has 0 aliphatic rings. The van der Waals surface area contributed by atoms with Crippen LogP contribution in [0.15, 0.2) is 53.6 Å². The number of carbonyl (C=O) groups is 1. The highest BCUT2D eigenvalue weighted by Crippen LogP contribution is 2.18. The molecule has 1 amide bonds. The summed E-state index contributed by atoms with van der Waals surface area (Å²) in [6.45, 7) is 2.39. The molecule has 1 heterocycles. The molecule has 23 heavy (non-hydrogen) atoms. The first kappa shape index (κ1) is 15.3. The van der Waals surface area contributed by atoms with E-state index in [0.29, 0.717) is 17.9 Å². The van der Waals surface area contributed by atoms with Gasteiger partial charge in [0, 0.05) is 7.05 Å². The fourth-order valence-electron chi connectivity index (χ4n) is 2.28. The third-order valence-electron chi connectivity index (χ3n) is 3.40. The quantitative estimate of drug-likeness (QED) is 0.749. The van der Waals surface area contributed by atoms with Crippen LogP contribution in [0.2, 0.25) is 0 Å². The average molecular weight is 327 g/mol. The molecular formula is C17H17N3O2S. The normalized spacial score (nSPS) is 11.7. The zero-order valence-electron chi connectivity index (χ0n) is 12.9. The van der Waals surface area contributed by atoms with Gasteiger partial charge in [0.2, 0.25) is 4.80 Å². The number of carbonyl (C=O) groups excluding carboxylic acids is 1. The van der Waals surface area contributed by atoms with Crippen LogP contribution in [-0.4, -0.2) is 17.1 Å². The molecule has 6 heteroatoms. The maximum atomic E-state index is 12.4. The van der Waals surface area contributed by atoms with Crippen LogP contribution in [0.4, 0.5) is 0 Å². The van der Waals surface area contributed by atoms with E-state index in [1.54, 1.807) is 18.2 Å². The molecule has 1 N–H and O–H groups in total. The summed E-state index contributed by atoms with van der Waals surface area (Å²) < 4.78 is 8.55. The van der Waals surface area contributed by atoms with Crippen LogP contribution in [0.3, 0.4) is 0 Å². The van der Waals surface area contributed by atoms with E-state index in [9.17, 15) is 4.79 Å². The van der Waals surface area contributed by atoms with E-state index in [1.807, 2.05) is 48.9 Å². The number of fused-ring (bicyclic) bond motifs is 1. The van der Waals surface area contributed by atoms with Crippen molar-refractivity contribution in [3.8, 4) is 5.75 Å². The van der Waals surface area contributed by atoms with Crippen molar-refractivity contribution in [3.63, 3.8) is 0 Å². The van der Waals surface area contributed by atoms with Crippen molar-refractivity contribution in [2.45, 2.75) is 6.92 Å². The Hall–Kier alpha value is -2.60. The van der Waals surface area contributed by atoms with Crippen LogP contribution in [0.1, 0.15) is 17.3 Å². The first-order valence-corrected chi connectivity index (χ1v) is 8.13. The molecule has 3 aromatic rings. The molecule has 0 saturated heterocycles. The minimum absolute atomic E-state index is 0.286. The third-order valence-corrected chi connectivity index (χ3v) is 4.51. The van der Waals surface area contributed by atoms with Crippen LogP contribution >= 0.6 is 11.3 Å². The molecule has 5 nitrogen and oxygen atoms in total. The lowest BCUT2D eigenvalue weighted by molar-refractivity contribution is 0.0949. The molecule has 3 rings (SSSR count). The summed E-state index contributed by atoms with van der Waals surface area (Å²) in [5.41, 5.74) is 4.17. The number of benzene rings is 2. The van der Waals surface area contributed by atoms with Gasteiger partial charge in [-0.25, -0.2) is 5.43 Å². The van der Waals surface area contributed by atoms with Gasteiger partial charge in [-0.3, -0.25) is 4.79 Å². The van der Waals surface area contributed by atoms with E-state index in [1.165, 1.54) is 11.3 Å². The SMILES string of the molecule is CCOc1ccccc1C(=O)N/N=c1\sc2ccccc2n1C. The number of hydrogen-bond donors (Lipinski definition) is 1. The predicted molar refractivity (Wildman–Crippen MR) is 91.4 cm³/mol. The third kappa shape index (κ3) is 3.12. The summed E-state index contributed by atoms with van der Waals surface area (Å²) >= 11 is 1.53. The average Bonchev–Trinajstić information content (AvgIpc) is 2.90. The van der Waals surface area contributed by atoms with Gasteiger partial charge in [-0.1, -0.05) is 35.6 Å². The maximum absolute atomic E-state index is 12.4. The molecule has 0 atom stereocenters. The smallest absolute Gasteiger partial charge is 0.275 e. The van der Waals surface area contributed by atoms with Gasteiger partial charge in [0.25, 0.3) is 5.91 Å². The molecule has 0 aliphatic heterocycles. The standard InChI is InChI=1S/C17H17N3O2S/c1-3-22-14-10-6-4-8-12(14)16(21)18-19-17-20(2)13-9-5-7-11-15(13)23-17/h4-11H,3H2,1-2H3,(H,18,21)/b19-17-. The van der Waals surface area contributed by atoms with E-state index in [4.69, 9.17) is 4.74 Å². The molecule has 0 saturated carbocycles. The largest absolute Gasteiger partial charge is 0.493 e. The fourth-order valence-corrected chi connectivity index (χ4v) is 3.26. The number of aryl methyl sites for hydroxylation is 1. The maximum Gasteiger partial charge on any atom is 0.275 e.